The topological polar surface area (TPSA) is 61.8 Å². The quantitative estimate of drug-likeness (QED) is 0.277. The Morgan fingerprint density at radius 1 is 1.10 bits per heavy atom. The summed E-state index contributed by atoms with van der Waals surface area (Å²) in [6.07, 6.45) is 4.35. The van der Waals surface area contributed by atoms with Crippen molar-refractivity contribution in [1.29, 1.82) is 0 Å². The van der Waals surface area contributed by atoms with E-state index in [1.165, 1.54) is 6.08 Å². The van der Waals surface area contributed by atoms with E-state index in [1.54, 1.807) is 6.07 Å². The highest BCUT2D eigenvalue weighted by Crippen LogP contribution is 2.42. The molecule has 3 saturated heterocycles. The first-order chi connectivity index (χ1) is 19.9. The van der Waals surface area contributed by atoms with Crippen LogP contribution in [0.1, 0.15) is 19.3 Å². The normalized spacial score (nSPS) is 22.3. The minimum absolute atomic E-state index is 0.0566. The van der Waals surface area contributed by atoms with E-state index in [0.717, 1.165) is 36.6 Å². The van der Waals surface area contributed by atoms with Crippen molar-refractivity contribution in [1.82, 2.24) is 19.8 Å². The van der Waals surface area contributed by atoms with Gasteiger partial charge in [0.2, 0.25) is 5.91 Å². The lowest BCUT2D eigenvalue weighted by Gasteiger charge is -2.47. The van der Waals surface area contributed by atoms with E-state index in [0.29, 0.717) is 47.1 Å². The highest BCUT2D eigenvalue weighted by Gasteiger charge is 2.49. The first kappa shape index (κ1) is 26.2. The summed E-state index contributed by atoms with van der Waals surface area (Å²) >= 11 is 6.60. The molecule has 3 fully saturated rings. The minimum Gasteiger partial charge on any atom is -0.462 e. The fraction of sp³-hybridized carbons (Fsp3) is 0.344. The average molecular weight is 572 g/mol. The lowest BCUT2D eigenvalue weighted by Crippen LogP contribution is -2.63. The van der Waals surface area contributed by atoms with Gasteiger partial charge in [0.1, 0.15) is 17.9 Å². The summed E-state index contributed by atoms with van der Waals surface area (Å²) in [5.74, 6) is 0.146. The van der Waals surface area contributed by atoms with Crippen LogP contribution in [0.4, 0.5) is 10.2 Å². The number of halogens is 2. The van der Waals surface area contributed by atoms with E-state index < -0.39 is 5.82 Å². The van der Waals surface area contributed by atoms with Gasteiger partial charge in [0, 0.05) is 40.5 Å². The van der Waals surface area contributed by atoms with E-state index in [1.807, 2.05) is 47.4 Å². The highest BCUT2D eigenvalue weighted by molar-refractivity contribution is 6.36. The number of hydrogen-bond donors (Lipinski definition) is 0. The summed E-state index contributed by atoms with van der Waals surface area (Å²) in [4.78, 5) is 28.1. The molecule has 7 nitrogen and oxygen atoms in total. The van der Waals surface area contributed by atoms with Crippen molar-refractivity contribution in [3.63, 3.8) is 0 Å². The molecule has 0 radical (unpaired) electrons. The molecule has 1 amide bonds. The number of carbonyl (C=O) groups is 1. The molecule has 1 aromatic heterocycles. The highest BCUT2D eigenvalue weighted by atomic mass is 35.5. The standard InChI is InChI=1S/C32H31ClFN5O2/c1-3-27(40)38-16-14-25-26(38)17-39(25)31-23-13-12-22(21-10-4-7-19-8-5-11-24(33)28(19)21)29(34)30(23)35-32(36-31)41-18-20-9-6-15-37(20)2/h3-5,7-8,10-13,20,25-26H,1,6,9,14-18H2,2H3/t20?,25-,26+/m0/s1. The van der Waals surface area contributed by atoms with Crippen molar-refractivity contribution in [3.8, 4) is 17.1 Å². The summed E-state index contributed by atoms with van der Waals surface area (Å²) in [6.45, 7) is 6.40. The first-order valence-electron chi connectivity index (χ1n) is 14.1. The van der Waals surface area contributed by atoms with E-state index >= 15 is 4.39 Å². The predicted octanol–water partition coefficient (Wildman–Crippen LogP) is 5.69. The fourth-order valence-electron chi connectivity index (χ4n) is 6.75. The number of fused-ring (bicyclic) bond motifs is 3. The molecule has 210 valence electrons. The number of nitrogens with zero attached hydrogens (tertiary/aromatic N) is 5. The molecule has 0 spiro atoms. The molecular weight excluding hydrogens is 541 g/mol. The van der Waals surface area contributed by atoms with Crippen LogP contribution in [-0.2, 0) is 4.79 Å². The molecule has 4 heterocycles. The van der Waals surface area contributed by atoms with Crippen molar-refractivity contribution in [2.24, 2.45) is 0 Å². The Morgan fingerprint density at radius 3 is 2.71 bits per heavy atom. The van der Waals surface area contributed by atoms with Gasteiger partial charge < -0.3 is 19.4 Å². The number of anilines is 1. The molecule has 0 N–H and O–H groups in total. The molecule has 0 bridgehead atoms. The van der Waals surface area contributed by atoms with Gasteiger partial charge in [-0.15, -0.1) is 0 Å². The molecule has 3 aliphatic heterocycles. The largest absolute Gasteiger partial charge is 0.462 e. The van der Waals surface area contributed by atoms with Crippen molar-refractivity contribution < 1.29 is 13.9 Å². The molecule has 41 heavy (non-hydrogen) atoms. The Bertz CT molecular complexity index is 1690. The number of hydrogen-bond acceptors (Lipinski definition) is 6. The van der Waals surface area contributed by atoms with Crippen molar-refractivity contribution in [2.45, 2.75) is 37.4 Å². The summed E-state index contributed by atoms with van der Waals surface area (Å²) < 4.78 is 22.7. The van der Waals surface area contributed by atoms with Gasteiger partial charge in [-0.25, -0.2) is 4.39 Å². The van der Waals surface area contributed by atoms with Gasteiger partial charge in [-0.2, -0.15) is 9.97 Å². The van der Waals surface area contributed by atoms with Crippen LogP contribution in [0.25, 0.3) is 32.8 Å². The Labute approximate surface area is 243 Å². The Balaban J connectivity index is 1.32. The molecule has 0 aliphatic carbocycles. The predicted molar refractivity (Wildman–Crippen MR) is 160 cm³/mol. The number of carbonyl (C=O) groups excluding carboxylic acids is 1. The summed E-state index contributed by atoms with van der Waals surface area (Å²) in [5, 5.41) is 2.93. The van der Waals surface area contributed by atoms with Crippen LogP contribution in [0.3, 0.4) is 0 Å². The number of ether oxygens (including phenoxy) is 1. The number of likely N-dealkylation sites (N-methyl/N-ethyl adjacent to an activating group) is 1. The second-order valence-electron chi connectivity index (χ2n) is 11.2. The van der Waals surface area contributed by atoms with Crippen LogP contribution in [-0.4, -0.2) is 77.1 Å². The van der Waals surface area contributed by atoms with Crippen LogP contribution >= 0.6 is 11.6 Å². The molecule has 3 aliphatic rings. The van der Waals surface area contributed by atoms with Crippen LogP contribution in [0.5, 0.6) is 6.01 Å². The minimum atomic E-state index is -0.437. The van der Waals surface area contributed by atoms with Crippen LogP contribution in [0.15, 0.2) is 61.2 Å². The molecule has 4 aromatic rings. The maximum atomic E-state index is 16.6. The van der Waals surface area contributed by atoms with Gasteiger partial charge in [0.05, 0.1) is 12.1 Å². The van der Waals surface area contributed by atoms with Crippen molar-refractivity contribution in [3.05, 3.63) is 72.0 Å². The van der Waals surface area contributed by atoms with Gasteiger partial charge in [-0.3, -0.25) is 4.79 Å². The monoisotopic (exact) mass is 571 g/mol. The van der Waals surface area contributed by atoms with Crippen LogP contribution in [0.2, 0.25) is 5.02 Å². The third-order valence-electron chi connectivity index (χ3n) is 9.01. The first-order valence-corrected chi connectivity index (χ1v) is 14.5. The number of likely N-dealkylation sites (tertiary alicyclic amines) is 2. The summed E-state index contributed by atoms with van der Waals surface area (Å²) in [7, 11) is 2.09. The smallest absolute Gasteiger partial charge is 0.319 e. The Hall–Kier alpha value is -3.75. The third-order valence-corrected chi connectivity index (χ3v) is 9.33. The maximum Gasteiger partial charge on any atom is 0.319 e. The van der Waals surface area contributed by atoms with E-state index in [2.05, 4.69) is 28.4 Å². The van der Waals surface area contributed by atoms with E-state index in [4.69, 9.17) is 21.3 Å². The SMILES string of the molecule is C=CC(=O)N1CC[C@H]2[C@H]1CN2c1nc(OCC2CCCN2C)nc2c(F)c(-c3cccc4cccc(Cl)c34)ccc12. The Kier molecular flexibility index (Phi) is 6.55. The van der Waals surface area contributed by atoms with Gasteiger partial charge in [0.15, 0.2) is 5.82 Å². The van der Waals surface area contributed by atoms with Crippen molar-refractivity contribution in [2.75, 3.05) is 38.2 Å². The maximum absolute atomic E-state index is 16.6. The zero-order chi connectivity index (χ0) is 28.2. The second kappa shape index (κ2) is 10.3. The van der Waals surface area contributed by atoms with Crippen LogP contribution < -0.4 is 9.64 Å². The van der Waals surface area contributed by atoms with Crippen molar-refractivity contribution >= 4 is 45.0 Å². The zero-order valence-corrected chi connectivity index (χ0v) is 23.6. The lowest BCUT2D eigenvalue weighted by molar-refractivity contribution is -0.127. The number of aromatic nitrogens is 2. The molecule has 3 aromatic carbocycles. The molecule has 7 rings (SSSR count). The molecule has 9 heteroatoms. The average Bonchev–Trinajstić information content (AvgIpc) is 3.53. The molecular formula is C32H31ClFN5O2. The van der Waals surface area contributed by atoms with Gasteiger partial charge in [-0.05, 0) is 62.0 Å². The molecule has 3 atom stereocenters. The fourth-order valence-corrected chi connectivity index (χ4v) is 7.04. The zero-order valence-electron chi connectivity index (χ0n) is 22.9. The van der Waals surface area contributed by atoms with Gasteiger partial charge in [-0.1, -0.05) is 54.6 Å². The van der Waals surface area contributed by atoms with Gasteiger partial charge in [0.25, 0.3) is 0 Å². The van der Waals surface area contributed by atoms with Gasteiger partial charge >= 0.3 is 6.01 Å². The lowest BCUT2D eigenvalue weighted by atomic mass is 9.94. The number of amides is 1. The molecule has 0 saturated carbocycles. The summed E-state index contributed by atoms with van der Waals surface area (Å²) in [6, 6.07) is 15.8. The Morgan fingerprint density at radius 2 is 1.93 bits per heavy atom. The third kappa shape index (κ3) is 4.32. The van der Waals surface area contributed by atoms with E-state index in [9.17, 15) is 4.79 Å². The summed E-state index contributed by atoms with van der Waals surface area (Å²) in [5.41, 5.74) is 1.35. The van der Waals surface area contributed by atoms with Crippen LogP contribution in [0, 0.1) is 5.82 Å². The second-order valence-corrected chi connectivity index (χ2v) is 11.6. The van der Waals surface area contributed by atoms with E-state index in [-0.39, 0.29) is 35.6 Å². The number of benzene rings is 3. The number of rotatable bonds is 6. The molecule has 1 unspecified atom stereocenters.